The van der Waals surface area contributed by atoms with Crippen molar-refractivity contribution in [2.75, 3.05) is 13.7 Å². The van der Waals surface area contributed by atoms with Gasteiger partial charge in [-0.05, 0) is 49.4 Å². The summed E-state index contributed by atoms with van der Waals surface area (Å²) in [7, 11) is 1.75. The highest BCUT2D eigenvalue weighted by Gasteiger charge is 2.45. The lowest BCUT2D eigenvalue weighted by Crippen LogP contribution is -2.59. The molecule has 1 aliphatic carbocycles. The quantitative estimate of drug-likeness (QED) is 0.905. The maximum Gasteiger partial charge on any atom is 0.123 e. The molecule has 4 rings (SSSR count). The molecular weight excluding hydrogens is 296 g/mol. The summed E-state index contributed by atoms with van der Waals surface area (Å²) in [5.41, 5.74) is 4.34. The molecule has 0 bridgehead atoms. The van der Waals surface area contributed by atoms with Crippen molar-refractivity contribution in [2.24, 2.45) is 0 Å². The molecule has 0 saturated carbocycles. The minimum Gasteiger partial charge on any atom is -0.496 e. The van der Waals surface area contributed by atoms with Crippen LogP contribution in [0.4, 0.5) is 0 Å². The van der Waals surface area contributed by atoms with Crippen molar-refractivity contribution in [3.63, 3.8) is 0 Å². The zero-order valence-electron chi connectivity index (χ0n) is 14.3. The number of methoxy groups -OCH3 is 1. The number of nitrogens with one attached hydrogen (secondary N) is 2. The van der Waals surface area contributed by atoms with E-state index in [1.165, 1.54) is 42.4 Å². The Hall–Kier alpha value is -1.84. The van der Waals surface area contributed by atoms with Gasteiger partial charge < -0.3 is 15.4 Å². The van der Waals surface area contributed by atoms with Crippen LogP contribution in [-0.2, 0) is 18.5 Å². The van der Waals surface area contributed by atoms with Crippen LogP contribution in [0.15, 0.2) is 48.5 Å². The number of ether oxygens (including phenoxy) is 1. The molecule has 0 unspecified atom stereocenters. The van der Waals surface area contributed by atoms with Crippen LogP contribution in [-0.4, -0.2) is 19.7 Å². The summed E-state index contributed by atoms with van der Waals surface area (Å²) in [6, 6.07) is 17.7. The maximum atomic E-state index is 5.50. The van der Waals surface area contributed by atoms with E-state index in [1.54, 1.807) is 7.11 Å². The Labute approximate surface area is 144 Å². The molecule has 1 fully saturated rings. The molecule has 24 heavy (non-hydrogen) atoms. The number of fused-ring (bicyclic) bond motifs is 2. The van der Waals surface area contributed by atoms with E-state index in [0.29, 0.717) is 6.04 Å². The fraction of sp³-hybridized carbons (Fsp3) is 0.429. The van der Waals surface area contributed by atoms with Gasteiger partial charge in [0.1, 0.15) is 5.75 Å². The van der Waals surface area contributed by atoms with E-state index in [9.17, 15) is 0 Å². The lowest BCUT2D eigenvalue weighted by Gasteiger charge is -2.44. The van der Waals surface area contributed by atoms with Crippen molar-refractivity contribution < 1.29 is 4.74 Å². The predicted molar refractivity (Wildman–Crippen MR) is 97.3 cm³/mol. The van der Waals surface area contributed by atoms with Crippen molar-refractivity contribution in [1.29, 1.82) is 0 Å². The summed E-state index contributed by atoms with van der Waals surface area (Å²) in [5.74, 6) is 0.967. The van der Waals surface area contributed by atoms with Gasteiger partial charge in [-0.25, -0.2) is 0 Å². The minimum absolute atomic E-state index is 0.0941. The molecule has 0 radical (unpaired) electrons. The average molecular weight is 322 g/mol. The SMILES string of the molecule is COc1ccccc1CN[C@H]1CCCN[C@@]12CCc1ccccc12. The van der Waals surface area contributed by atoms with E-state index < -0.39 is 0 Å². The molecule has 1 spiro atoms. The van der Waals surface area contributed by atoms with E-state index in [0.717, 1.165) is 18.8 Å². The van der Waals surface area contributed by atoms with E-state index in [1.807, 2.05) is 12.1 Å². The van der Waals surface area contributed by atoms with Gasteiger partial charge in [0.15, 0.2) is 0 Å². The van der Waals surface area contributed by atoms with Crippen molar-refractivity contribution in [3.05, 3.63) is 65.2 Å². The Morgan fingerprint density at radius 1 is 1.17 bits per heavy atom. The van der Waals surface area contributed by atoms with Crippen LogP contribution in [0.1, 0.15) is 36.0 Å². The number of hydrogen-bond acceptors (Lipinski definition) is 3. The molecule has 2 aliphatic rings. The number of hydrogen-bond donors (Lipinski definition) is 2. The molecule has 2 atom stereocenters. The lowest BCUT2D eigenvalue weighted by atomic mass is 9.79. The van der Waals surface area contributed by atoms with Crippen LogP contribution in [0.2, 0.25) is 0 Å². The van der Waals surface area contributed by atoms with Crippen molar-refractivity contribution in [1.82, 2.24) is 10.6 Å². The molecule has 0 amide bonds. The molecule has 1 saturated heterocycles. The van der Waals surface area contributed by atoms with Gasteiger partial charge >= 0.3 is 0 Å². The summed E-state index contributed by atoms with van der Waals surface area (Å²) < 4.78 is 5.50. The monoisotopic (exact) mass is 322 g/mol. The Morgan fingerprint density at radius 3 is 2.92 bits per heavy atom. The van der Waals surface area contributed by atoms with Gasteiger partial charge in [0.2, 0.25) is 0 Å². The molecule has 1 aliphatic heterocycles. The fourth-order valence-electron chi connectivity index (χ4n) is 4.53. The molecule has 3 heteroatoms. The second kappa shape index (κ2) is 6.58. The Morgan fingerprint density at radius 2 is 2.00 bits per heavy atom. The van der Waals surface area contributed by atoms with Crippen molar-refractivity contribution in [2.45, 2.75) is 43.8 Å². The van der Waals surface area contributed by atoms with Gasteiger partial charge in [-0.15, -0.1) is 0 Å². The number of benzene rings is 2. The number of piperidine rings is 1. The van der Waals surface area contributed by atoms with Crippen LogP contribution in [0.25, 0.3) is 0 Å². The van der Waals surface area contributed by atoms with Crippen molar-refractivity contribution >= 4 is 0 Å². The van der Waals surface area contributed by atoms with E-state index in [4.69, 9.17) is 4.74 Å². The summed E-state index contributed by atoms with van der Waals surface area (Å²) >= 11 is 0. The zero-order valence-corrected chi connectivity index (χ0v) is 14.3. The van der Waals surface area contributed by atoms with Crippen LogP contribution in [0.5, 0.6) is 5.75 Å². The lowest BCUT2D eigenvalue weighted by molar-refractivity contribution is 0.181. The van der Waals surface area contributed by atoms with Gasteiger partial charge in [-0.1, -0.05) is 42.5 Å². The number of rotatable bonds is 4. The van der Waals surface area contributed by atoms with Crippen molar-refractivity contribution in [3.8, 4) is 5.75 Å². The van der Waals surface area contributed by atoms with Crippen LogP contribution < -0.4 is 15.4 Å². The molecule has 126 valence electrons. The third kappa shape index (κ3) is 2.62. The third-order valence-corrected chi connectivity index (χ3v) is 5.72. The first-order valence-corrected chi connectivity index (χ1v) is 9.02. The maximum absolute atomic E-state index is 5.50. The minimum atomic E-state index is 0.0941. The summed E-state index contributed by atoms with van der Waals surface area (Å²) in [5, 5.41) is 7.72. The van der Waals surface area contributed by atoms with Gasteiger partial charge in [-0.2, -0.15) is 0 Å². The Kier molecular flexibility index (Phi) is 4.30. The Balaban J connectivity index is 1.58. The molecular formula is C21H26N2O. The summed E-state index contributed by atoms with van der Waals surface area (Å²) in [6.45, 7) is 1.96. The second-order valence-corrected chi connectivity index (χ2v) is 6.94. The van der Waals surface area contributed by atoms with E-state index in [2.05, 4.69) is 47.0 Å². The van der Waals surface area contributed by atoms with Gasteiger partial charge in [0, 0.05) is 18.2 Å². The second-order valence-electron chi connectivity index (χ2n) is 6.94. The highest BCUT2D eigenvalue weighted by atomic mass is 16.5. The zero-order chi connectivity index (χ0) is 16.4. The molecule has 2 N–H and O–H groups in total. The molecule has 0 aromatic heterocycles. The number of aryl methyl sites for hydroxylation is 1. The first-order chi connectivity index (χ1) is 11.8. The Bertz CT molecular complexity index is 710. The standard InChI is InChI=1S/C21H26N2O/c1-24-19-10-5-3-8-17(19)15-22-20-11-6-14-23-21(20)13-12-16-7-2-4-9-18(16)21/h2-5,7-10,20,22-23H,6,11-15H2,1H3/t20-,21+/m0/s1. The van der Waals surface area contributed by atoms with Crippen LogP contribution in [0, 0.1) is 0 Å². The smallest absolute Gasteiger partial charge is 0.123 e. The first kappa shape index (κ1) is 15.7. The van der Waals surface area contributed by atoms with Crippen LogP contribution >= 0.6 is 0 Å². The highest BCUT2D eigenvalue weighted by Crippen LogP contribution is 2.42. The predicted octanol–water partition coefficient (Wildman–Crippen LogP) is 3.38. The van der Waals surface area contributed by atoms with Crippen LogP contribution in [0.3, 0.4) is 0 Å². The largest absolute Gasteiger partial charge is 0.496 e. The van der Waals surface area contributed by atoms with E-state index in [-0.39, 0.29) is 5.54 Å². The van der Waals surface area contributed by atoms with Gasteiger partial charge in [0.05, 0.1) is 12.6 Å². The first-order valence-electron chi connectivity index (χ1n) is 9.02. The molecule has 2 aromatic carbocycles. The fourth-order valence-corrected chi connectivity index (χ4v) is 4.53. The molecule has 3 nitrogen and oxygen atoms in total. The average Bonchev–Trinajstić information content (AvgIpc) is 3.01. The van der Waals surface area contributed by atoms with Gasteiger partial charge in [0.25, 0.3) is 0 Å². The number of para-hydroxylation sites is 1. The highest BCUT2D eigenvalue weighted by molar-refractivity contribution is 5.41. The molecule has 2 aromatic rings. The van der Waals surface area contributed by atoms with E-state index >= 15 is 0 Å². The summed E-state index contributed by atoms with van der Waals surface area (Å²) in [4.78, 5) is 0. The topological polar surface area (TPSA) is 33.3 Å². The summed E-state index contributed by atoms with van der Waals surface area (Å²) in [6.07, 6.45) is 4.82. The molecule has 1 heterocycles. The normalized spacial score (nSPS) is 25.6. The van der Waals surface area contributed by atoms with Gasteiger partial charge in [-0.3, -0.25) is 0 Å². The third-order valence-electron chi connectivity index (χ3n) is 5.72.